The first-order chi connectivity index (χ1) is 14.0. The molecule has 0 heterocycles. The minimum absolute atomic E-state index is 0.160. The normalized spacial score (nSPS) is 15.6. The van der Waals surface area contributed by atoms with E-state index >= 15 is 0 Å². The Hall–Kier alpha value is -2.66. The molecule has 0 bridgehead atoms. The molecule has 0 aromatic heterocycles. The summed E-state index contributed by atoms with van der Waals surface area (Å²) in [5.74, 6) is -0.570. The fraction of sp³-hybridized carbons (Fsp3) is 0.417. The summed E-state index contributed by atoms with van der Waals surface area (Å²) in [6.07, 6.45) is 4.00. The Balaban J connectivity index is 1.98. The quantitative estimate of drug-likeness (QED) is 0.779. The van der Waals surface area contributed by atoms with Gasteiger partial charge in [-0.25, -0.2) is 0 Å². The maximum absolute atomic E-state index is 13.7. The number of hydrogen-bond donors (Lipinski definition) is 2. The highest BCUT2D eigenvalue weighted by atomic mass is 16.3. The van der Waals surface area contributed by atoms with Crippen LogP contribution in [0.25, 0.3) is 0 Å². The molecule has 29 heavy (non-hydrogen) atoms. The third-order valence-electron chi connectivity index (χ3n) is 5.96. The molecule has 5 heteroatoms. The van der Waals surface area contributed by atoms with Crippen molar-refractivity contribution in [3.63, 3.8) is 0 Å². The number of aliphatic hydroxyl groups is 1. The molecule has 1 aliphatic rings. The molecule has 0 saturated heterocycles. The third-order valence-corrected chi connectivity index (χ3v) is 5.96. The number of nitrogens with zero attached hydrogens (tertiary/aromatic N) is 1. The maximum Gasteiger partial charge on any atom is 0.250 e. The number of carbonyl (C=O) groups is 2. The average Bonchev–Trinajstić information content (AvgIpc) is 2.75. The molecule has 154 valence electrons. The molecule has 1 saturated carbocycles. The van der Waals surface area contributed by atoms with Crippen molar-refractivity contribution < 1.29 is 14.7 Å². The molecule has 2 N–H and O–H groups in total. The van der Waals surface area contributed by atoms with Crippen LogP contribution in [-0.2, 0) is 16.1 Å². The molecule has 0 atom stereocenters. The molecule has 0 spiro atoms. The van der Waals surface area contributed by atoms with Crippen molar-refractivity contribution in [2.45, 2.75) is 58.0 Å². The summed E-state index contributed by atoms with van der Waals surface area (Å²) in [5.41, 5.74) is 2.78. The Labute approximate surface area is 172 Å². The van der Waals surface area contributed by atoms with E-state index in [1.165, 1.54) is 0 Å². The highest BCUT2D eigenvalue weighted by Crippen LogP contribution is 2.37. The van der Waals surface area contributed by atoms with Gasteiger partial charge in [-0.1, -0.05) is 67.8 Å². The maximum atomic E-state index is 13.7. The Morgan fingerprint density at radius 2 is 1.59 bits per heavy atom. The van der Waals surface area contributed by atoms with Crippen LogP contribution in [0.5, 0.6) is 0 Å². The van der Waals surface area contributed by atoms with Gasteiger partial charge in [0.25, 0.3) is 0 Å². The van der Waals surface area contributed by atoms with Crippen LogP contribution in [0.1, 0.15) is 48.8 Å². The van der Waals surface area contributed by atoms with Crippen molar-refractivity contribution in [3.8, 4) is 0 Å². The van der Waals surface area contributed by atoms with Gasteiger partial charge < -0.3 is 15.3 Å². The van der Waals surface area contributed by atoms with Crippen LogP contribution >= 0.6 is 0 Å². The van der Waals surface area contributed by atoms with E-state index in [0.29, 0.717) is 19.4 Å². The topological polar surface area (TPSA) is 69.6 Å². The van der Waals surface area contributed by atoms with Crippen LogP contribution in [0.3, 0.4) is 0 Å². The van der Waals surface area contributed by atoms with E-state index in [9.17, 15) is 14.7 Å². The Morgan fingerprint density at radius 3 is 2.17 bits per heavy atom. The fourth-order valence-corrected chi connectivity index (χ4v) is 4.33. The lowest BCUT2D eigenvalue weighted by atomic mass is 9.78. The summed E-state index contributed by atoms with van der Waals surface area (Å²) in [7, 11) is 0. The van der Waals surface area contributed by atoms with E-state index < -0.39 is 18.1 Å². The molecule has 0 unspecified atom stereocenters. The number of carbonyl (C=O) groups excluding carboxylic acids is 2. The minimum atomic E-state index is -0.956. The van der Waals surface area contributed by atoms with Gasteiger partial charge in [0, 0.05) is 12.2 Å². The molecule has 1 aliphatic carbocycles. The van der Waals surface area contributed by atoms with Crippen LogP contribution in [-0.4, -0.2) is 34.0 Å². The summed E-state index contributed by atoms with van der Waals surface area (Å²) < 4.78 is 0. The van der Waals surface area contributed by atoms with E-state index in [-0.39, 0.29) is 5.91 Å². The van der Waals surface area contributed by atoms with E-state index in [1.807, 2.05) is 62.4 Å². The van der Waals surface area contributed by atoms with Crippen molar-refractivity contribution in [2.75, 3.05) is 11.9 Å². The van der Waals surface area contributed by atoms with Crippen LogP contribution < -0.4 is 5.32 Å². The SMILES string of the molecule is Cc1cccc(C)c1NC(=O)C1(N(Cc2ccccc2)C(=O)CO)CCCCC1. The number of benzene rings is 2. The van der Waals surface area contributed by atoms with Gasteiger partial charge in [0.1, 0.15) is 12.1 Å². The lowest BCUT2D eigenvalue weighted by Gasteiger charge is -2.45. The van der Waals surface area contributed by atoms with Crippen LogP contribution in [0, 0.1) is 13.8 Å². The Kier molecular flexibility index (Phi) is 6.70. The third kappa shape index (κ3) is 4.51. The first kappa shape index (κ1) is 21.1. The summed E-state index contributed by atoms with van der Waals surface area (Å²) in [4.78, 5) is 28.1. The number of rotatable bonds is 6. The van der Waals surface area contributed by atoms with Gasteiger partial charge in [-0.15, -0.1) is 0 Å². The number of aryl methyl sites for hydroxylation is 2. The Morgan fingerprint density at radius 1 is 0.966 bits per heavy atom. The molecule has 3 rings (SSSR count). The fourth-order valence-electron chi connectivity index (χ4n) is 4.33. The minimum Gasteiger partial charge on any atom is -0.387 e. The summed E-state index contributed by atoms with van der Waals surface area (Å²) >= 11 is 0. The molecular formula is C24H30N2O3. The van der Waals surface area contributed by atoms with Gasteiger partial charge in [-0.05, 0) is 43.4 Å². The monoisotopic (exact) mass is 394 g/mol. The van der Waals surface area contributed by atoms with Gasteiger partial charge in [-0.3, -0.25) is 9.59 Å². The lowest BCUT2D eigenvalue weighted by molar-refractivity contribution is -0.151. The van der Waals surface area contributed by atoms with Crippen molar-refractivity contribution in [1.29, 1.82) is 0 Å². The largest absolute Gasteiger partial charge is 0.387 e. The molecule has 1 fully saturated rings. The van der Waals surface area contributed by atoms with Gasteiger partial charge in [0.2, 0.25) is 11.8 Å². The zero-order valence-corrected chi connectivity index (χ0v) is 17.3. The van der Waals surface area contributed by atoms with Crippen LogP contribution in [0.2, 0.25) is 0 Å². The molecule has 0 aliphatic heterocycles. The van der Waals surface area contributed by atoms with Gasteiger partial charge in [0.15, 0.2) is 0 Å². The van der Waals surface area contributed by atoms with Gasteiger partial charge in [0.05, 0.1) is 0 Å². The smallest absolute Gasteiger partial charge is 0.250 e. The standard InChI is InChI=1S/C24H30N2O3/c1-18-10-9-11-19(2)22(18)25-23(29)24(14-7-4-8-15-24)26(21(28)17-27)16-20-12-5-3-6-13-20/h3,5-6,9-13,27H,4,7-8,14-17H2,1-2H3,(H,25,29). The van der Waals surface area contributed by atoms with Gasteiger partial charge in [-0.2, -0.15) is 0 Å². The number of hydrogen-bond acceptors (Lipinski definition) is 3. The van der Waals surface area contributed by atoms with Gasteiger partial charge >= 0.3 is 0 Å². The number of aliphatic hydroxyl groups excluding tert-OH is 1. The zero-order chi connectivity index (χ0) is 20.9. The number of para-hydroxylation sites is 1. The first-order valence-corrected chi connectivity index (χ1v) is 10.3. The lowest BCUT2D eigenvalue weighted by Crippen LogP contribution is -2.60. The number of amides is 2. The van der Waals surface area contributed by atoms with Crippen molar-refractivity contribution >= 4 is 17.5 Å². The van der Waals surface area contributed by atoms with E-state index in [2.05, 4.69) is 5.32 Å². The van der Waals surface area contributed by atoms with Crippen molar-refractivity contribution in [2.24, 2.45) is 0 Å². The zero-order valence-electron chi connectivity index (χ0n) is 17.3. The predicted octanol–water partition coefficient (Wildman–Crippen LogP) is 3.97. The second-order valence-electron chi connectivity index (χ2n) is 7.94. The summed E-state index contributed by atoms with van der Waals surface area (Å²) in [6.45, 7) is 3.64. The summed E-state index contributed by atoms with van der Waals surface area (Å²) in [5, 5.41) is 12.8. The molecule has 5 nitrogen and oxygen atoms in total. The average molecular weight is 395 g/mol. The van der Waals surface area contributed by atoms with Crippen LogP contribution in [0.15, 0.2) is 48.5 Å². The highest BCUT2D eigenvalue weighted by molar-refractivity contribution is 6.01. The molecule has 2 aromatic carbocycles. The predicted molar refractivity (Wildman–Crippen MR) is 114 cm³/mol. The second kappa shape index (κ2) is 9.23. The molecule has 2 amide bonds. The van der Waals surface area contributed by atoms with Crippen molar-refractivity contribution in [1.82, 2.24) is 4.90 Å². The second-order valence-corrected chi connectivity index (χ2v) is 7.94. The van der Waals surface area contributed by atoms with E-state index in [1.54, 1.807) is 4.90 Å². The van der Waals surface area contributed by atoms with E-state index in [0.717, 1.165) is 41.6 Å². The van der Waals surface area contributed by atoms with Crippen LogP contribution in [0.4, 0.5) is 5.69 Å². The first-order valence-electron chi connectivity index (χ1n) is 10.3. The van der Waals surface area contributed by atoms with E-state index in [4.69, 9.17) is 0 Å². The highest BCUT2D eigenvalue weighted by Gasteiger charge is 2.47. The number of nitrogens with one attached hydrogen (secondary N) is 1. The molecule has 2 aromatic rings. The van der Waals surface area contributed by atoms with Crippen molar-refractivity contribution in [3.05, 3.63) is 65.2 Å². The molecule has 0 radical (unpaired) electrons. The number of anilines is 1. The Bertz CT molecular complexity index is 837. The summed E-state index contributed by atoms with van der Waals surface area (Å²) in [6, 6.07) is 15.5. The molecular weight excluding hydrogens is 364 g/mol.